The Labute approximate surface area is 192 Å². The molecular weight excluding hydrogens is 476 g/mol. The summed E-state index contributed by atoms with van der Waals surface area (Å²) in [6.07, 6.45) is 1.77. The molecule has 8 heteroatoms. The number of thioether (sulfide) groups is 1. The molecule has 0 unspecified atom stereocenters. The predicted octanol–water partition coefficient (Wildman–Crippen LogP) is 5.61. The van der Waals surface area contributed by atoms with Crippen molar-refractivity contribution in [2.24, 2.45) is 0 Å². The number of nitrogens with zero attached hydrogens (tertiary/aromatic N) is 3. The maximum Gasteiger partial charge on any atom is 0.230 e. The number of carbonyl (C=O) groups excluding carboxylic acids is 1. The molecule has 6 nitrogen and oxygen atoms in total. The van der Waals surface area contributed by atoms with Crippen molar-refractivity contribution in [3.63, 3.8) is 0 Å². The van der Waals surface area contributed by atoms with Crippen LogP contribution in [-0.4, -0.2) is 26.4 Å². The van der Waals surface area contributed by atoms with Crippen LogP contribution in [0.1, 0.15) is 18.5 Å². The van der Waals surface area contributed by atoms with E-state index in [1.54, 1.807) is 6.08 Å². The van der Waals surface area contributed by atoms with Gasteiger partial charge in [0.2, 0.25) is 11.7 Å². The highest BCUT2D eigenvalue weighted by atomic mass is 79.9. The quantitative estimate of drug-likeness (QED) is 0.253. The number of furan rings is 1. The van der Waals surface area contributed by atoms with Crippen molar-refractivity contribution in [1.82, 2.24) is 20.1 Å². The number of halogens is 1. The topological polar surface area (TPSA) is 73.0 Å². The molecule has 0 saturated heterocycles. The molecule has 0 fully saturated rings. The van der Waals surface area contributed by atoms with E-state index in [4.69, 9.17) is 4.42 Å². The minimum Gasteiger partial charge on any atom is -0.453 e. The zero-order valence-corrected chi connectivity index (χ0v) is 19.3. The minimum absolute atomic E-state index is 0.0641. The molecule has 0 spiro atoms. The number of allylic oxidation sites excluding steroid dienone is 1. The van der Waals surface area contributed by atoms with E-state index < -0.39 is 0 Å². The van der Waals surface area contributed by atoms with Gasteiger partial charge in [0.25, 0.3) is 0 Å². The van der Waals surface area contributed by atoms with Crippen molar-refractivity contribution in [1.29, 1.82) is 0 Å². The Balaban J connectivity index is 1.49. The number of benzene rings is 2. The monoisotopic (exact) mass is 496 g/mol. The Kier molecular flexibility index (Phi) is 6.58. The predicted molar refractivity (Wildman–Crippen MR) is 127 cm³/mol. The molecule has 31 heavy (non-hydrogen) atoms. The van der Waals surface area contributed by atoms with Gasteiger partial charge in [-0.25, -0.2) is 0 Å². The Morgan fingerprint density at radius 1 is 1.26 bits per heavy atom. The molecule has 2 aromatic heterocycles. The van der Waals surface area contributed by atoms with Crippen LogP contribution in [0.4, 0.5) is 0 Å². The molecule has 1 amide bonds. The van der Waals surface area contributed by atoms with Crippen molar-refractivity contribution in [3.05, 3.63) is 77.3 Å². The second-order valence-corrected chi connectivity index (χ2v) is 8.84. The average molecular weight is 497 g/mol. The molecule has 0 aliphatic heterocycles. The first-order valence-electron chi connectivity index (χ1n) is 9.76. The zero-order chi connectivity index (χ0) is 21.8. The fourth-order valence-corrected chi connectivity index (χ4v) is 4.37. The van der Waals surface area contributed by atoms with E-state index in [0.717, 1.165) is 21.0 Å². The lowest BCUT2D eigenvalue weighted by Crippen LogP contribution is -2.28. The molecule has 0 saturated carbocycles. The number of carbonyl (C=O) groups is 1. The van der Waals surface area contributed by atoms with Gasteiger partial charge in [0.15, 0.2) is 10.9 Å². The average Bonchev–Trinajstić information content (AvgIpc) is 3.36. The summed E-state index contributed by atoms with van der Waals surface area (Å²) in [6, 6.07) is 17.6. The molecule has 4 rings (SSSR count). The first kappa shape index (κ1) is 21.4. The van der Waals surface area contributed by atoms with Crippen LogP contribution in [0, 0.1) is 0 Å². The van der Waals surface area contributed by atoms with E-state index in [1.165, 1.54) is 11.8 Å². The number of amides is 1. The fraction of sp³-hybridized carbons (Fsp3) is 0.174. The van der Waals surface area contributed by atoms with Gasteiger partial charge < -0.3 is 9.73 Å². The molecule has 158 valence electrons. The molecule has 1 N–H and O–H groups in total. The summed E-state index contributed by atoms with van der Waals surface area (Å²) in [5.74, 6) is 1.40. The normalized spacial score (nSPS) is 12.1. The largest absolute Gasteiger partial charge is 0.453 e. The lowest BCUT2D eigenvalue weighted by molar-refractivity contribution is -0.119. The summed E-state index contributed by atoms with van der Waals surface area (Å²) < 4.78 is 8.85. The van der Waals surface area contributed by atoms with Crippen molar-refractivity contribution in [2.75, 3.05) is 5.75 Å². The summed E-state index contributed by atoms with van der Waals surface area (Å²) >= 11 is 4.82. The van der Waals surface area contributed by atoms with Crippen molar-refractivity contribution in [2.45, 2.75) is 24.7 Å². The van der Waals surface area contributed by atoms with Gasteiger partial charge in [0, 0.05) is 16.4 Å². The number of rotatable bonds is 8. The van der Waals surface area contributed by atoms with Gasteiger partial charge in [-0.1, -0.05) is 64.1 Å². The van der Waals surface area contributed by atoms with Crippen molar-refractivity contribution in [3.8, 4) is 11.6 Å². The maximum atomic E-state index is 12.5. The highest BCUT2D eigenvalue weighted by molar-refractivity contribution is 9.10. The van der Waals surface area contributed by atoms with Crippen LogP contribution < -0.4 is 5.32 Å². The Morgan fingerprint density at radius 2 is 2.06 bits per heavy atom. The smallest absolute Gasteiger partial charge is 0.230 e. The van der Waals surface area contributed by atoms with E-state index in [1.807, 2.05) is 66.1 Å². The Morgan fingerprint density at radius 3 is 2.84 bits per heavy atom. The molecular formula is C23H21BrN4O2S. The molecule has 0 bridgehead atoms. The third-order valence-electron chi connectivity index (χ3n) is 4.74. The molecule has 2 aromatic carbocycles. The van der Waals surface area contributed by atoms with Crippen LogP contribution >= 0.6 is 27.7 Å². The number of hydrogen-bond acceptors (Lipinski definition) is 5. The first-order chi connectivity index (χ1) is 15.0. The highest BCUT2D eigenvalue weighted by Gasteiger charge is 2.19. The van der Waals surface area contributed by atoms with Crippen LogP contribution in [0.15, 0.2) is 81.3 Å². The molecule has 1 atom stereocenters. The van der Waals surface area contributed by atoms with Crippen LogP contribution in [0.3, 0.4) is 0 Å². The highest BCUT2D eigenvalue weighted by Crippen LogP contribution is 2.30. The summed E-state index contributed by atoms with van der Waals surface area (Å²) in [5, 5.41) is 13.2. The zero-order valence-electron chi connectivity index (χ0n) is 16.9. The van der Waals surface area contributed by atoms with Gasteiger partial charge in [-0.05, 0) is 36.8 Å². The molecule has 4 aromatic rings. The van der Waals surface area contributed by atoms with Crippen LogP contribution in [0.2, 0.25) is 0 Å². The number of hydrogen-bond donors (Lipinski definition) is 1. The van der Waals surface area contributed by atoms with Gasteiger partial charge >= 0.3 is 0 Å². The van der Waals surface area contributed by atoms with Gasteiger partial charge in [-0.2, -0.15) is 0 Å². The van der Waals surface area contributed by atoms with Gasteiger partial charge in [-0.3, -0.25) is 9.36 Å². The third kappa shape index (κ3) is 4.91. The summed E-state index contributed by atoms with van der Waals surface area (Å²) in [7, 11) is 0. The Hall–Kier alpha value is -2.84. The van der Waals surface area contributed by atoms with Crippen LogP contribution in [0.5, 0.6) is 0 Å². The summed E-state index contributed by atoms with van der Waals surface area (Å²) in [6.45, 7) is 6.31. The molecule has 0 aliphatic carbocycles. The van der Waals surface area contributed by atoms with Crippen LogP contribution in [-0.2, 0) is 11.3 Å². The summed E-state index contributed by atoms with van der Waals surface area (Å²) in [4.78, 5) is 12.5. The Bertz CT molecular complexity index is 1220. The van der Waals surface area contributed by atoms with E-state index >= 15 is 0 Å². The minimum atomic E-state index is -0.0651. The van der Waals surface area contributed by atoms with E-state index in [2.05, 4.69) is 38.0 Å². The molecule has 0 radical (unpaired) electrons. The van der Waals surface area contributed by atoms with Crippen molar-refractivity contribution >= 4 is 44.6 Å². The van der Waals surface area contributed by atoms with E-state index in [0.29, 0.717) is 23.3 Å². The van der Waals surface area contributed by atoms with Gasteiger partial charge in [0.1, 0.15) is 5.58 Å². The molecule has 0 aliphatic rings. The summed E-state index contributed by atoms with van der Waals surface area (Å²) in [5.41, 5.74) is 1.84. The fourth-order valence-electron chi connectivity index (χ4n) is 3.23. The number of aromatic nitrogens is 3. The van der Waals surface area contributed by atoms with Gasteiger partial charge in [-0.15, -0.1) is 16.8 Å². The second kappa shape index (κ2) is 9.53. The maximum absolute atomic E-state index is 12.5. The lowest BCUT2D eigenvalue weighted by Gasteiger charge is -2.14. The lowest BCUT2D eigenvalue weighted by atomic mass is 10.1. The number of fused-ring (bicyclic) bond motifs is 1. The van der Waals surface area contributed by atoms with Gasteiger partial charge in [0.05, 0.1) is 11.8 Å². The van der Waals surface area contributed by atoms with Crippen molar-refractivity contribution < 1.29 is 9.21 Å². The second-order valence-electron chi connectivity index (χ2n) is 6.99. The standard InChI is InChI=1S/C23H21BrN4O2S/c1-3-11-28-22(20-13-17-12-18(24)9-10-19(17)30-20)26-27-23(28)31-14-21(29)25-15(2)16-7-5-4-6-8-16/h3-10,12-13,15H,1,11,14H2,2H3,(H,25,29)/t15-/m0/s1. The van der Waals surface area contributed by atoms with E-state index in [9.17, 15) is 4.79 Å². The molecule has 2 heterocycles. The van der Waals surface area contributed by atoms with E-state index in [-0.39, 0.29) is 17.7 Å². The number of nitrogens with one attached hydrogen (secondary N) is 1. The SMILES string of the molecule is C=CCn1c(SCC(=O)N[C@@H](C)c2ccccc2)nnc1-c1cc2cc(Br)ccc2o1. The third-order valence-corrected chi connectivity index (χ3v) is 6.20. The first-order valence-corrected chi connectivity index (χ1v) is 11.5. The van der Waals surface area contributed by atoms with Crippen LogP contribution in [0.25, 0.3) is 22.6 Å².